The van der Waals surface area contributed by atoms with Crippen LogP contribution in [0.25, 0.3) is 0 Å². The lowest BCUT2D eigenvalue weighted by atomic mass is 9.99. The van der Waals surface area contributed by atoms with E-state index in [1.807, 2.05) is 50.9 Å². The Bertz CT molecular complexity index is 1080. The summed E-state index contributed by atoms with van der Waals surface area (Å²) < 4.78 is 20.5. The maximum Gasteiger partial charge on any atom is 0.259 e. The summed E-state index contributed by atoms with van der Waals surface area (Å²) in [6.07, 6.45) is 1.31. The van der Waals surface area contributed by atoms with Crippen LogP contribution in [0.4, 0.5) is 4.39 Å². The number of pyridine rings is 1. The van der Waals surface area contributed by atoms with Crippen molar-refractivity contribution in [2.75, 3.05) is 47.4 Å². The lowest BCUT2D eigenvalue weighted by molar-refractivity contribution is 0.0324. The Balaban J connectivity index is 1.90. The molecule has 2 aromatic rings. The second-order valence-corrected chi connectivity index (χ2v) is 9.53. The van der Waals surface area contributed by atoms with E-state index >= 15 is 0 Å². The molecule has 0 fully saturated rings. The SMILES string of the molecule is C[C@H]1CN([C@@H](C)CO)C(=O)c2cc(C#CCN(C)C)cnc2O[C@H]1CN(C)Cc1ccccc1F. The topological polar surface area (TPSA) is 69.1 Å². The molecule has 3 rings (SSSR count). The van der Waals surface area contributed by atoms with E-state index in [1.165, 1.54) is 6.07 Å². The first kappa shape index (κ1) is 26.6. The van der Waals surface area contributed by atoms with Crippen LogP contribution in [0.3, 0.4) is 0 Å². The number of hydrogen-bond acceptors (Lipinski definition) is 6. The van der Waals surface area contributed by atoms with Crippen molar-refractivity contribution >= 4 is 5.91 Å². The van der Waals surface area contributed by atoms with Crippen molar-refractivity contribution in [3.05, 3.63) is 59.0 Å². The van der Waals surface area contributed by atoms with Crippen molar-refractivity contribution < 1.29 is 19.0 Å². The van der Waals surface area contributed by atoms with Crippen LogP contribution < -0.4 is 4.74 Å². The summed E-state index contributed by atoms with van der Waals surface area (Å²) in [4.78, 5) is 23.5. The quantitative estimate of drug-likeness (QED) is 0.612. The Morgan fingerprint density at radius 3 is 2.74 bits per heavy atom. The Labute approximate surface area is 207 Å². The molecule has 0 spiro atoms. The molecule has 0 unspecified atom stereocenters. The number of benzene rings is 1. The van der Waals surface area contributed by atoms with Crippen LogP contribution in [0.2, 0.25) is 0 Å². The number of carbonyl (C=O) groups is 1. The number of amides is 1. The third-order valence-electron chi connectivity index (χ3n) is 6.04. The minimum absolute atomic E-state index is 0.0504. The third kappa shape index (κ3) is 7.01. The van der Waals surface area contributed by atoms with Crippen molar-refractivity contribution in [2.24, 2.45) is 5.92 Å². The van der Waals surface area contributed by atoms with Gasteiger partial charge in [-0.15, -0.1) is 0 Å². The fourth-order valence-electron chi connectivity index (χ4n) is 3.98. The van der Waals surface area contributed by atoms with Crippen molar-refractivity contribution in [1.82, 2.24) is 19.7 Å². The summed E-state index contributed by atoms with van der Waals surface area (Å²) >= 11 is 0. The first-order valence-corrected chi connectivity index (χ1v) is 11.8. The fraction of sp³-hybridized carbons (Fsp3) is 0.481. The molecule has 7 nitrogen and oxygen atoms in total. The molecule has 188 valence electrons. The first-order chi connectivity index (χ1) is 16.7. The van der Waals surface area contributed by atoms with Crippen LogP contribution in [-0.4, -0.2) is 90.2 Å². The largest absolute Gasteiger partial charge is 0.472 e. The first-order valence-electron chi connectivity index (χ1n) is 11.8. The molecule has 8 heteroatoms. The number of carbonyl (C=O) groups excluding carboxylic acids is 1. The number of aromatic nitrogens is 1. The minimum atomic E-state index is -0.365. The Kier molecular flexibility index (Phi) is 9.21. The zero-order valence-electron chi connectivity index (χ0n) is 21.2. The van der Waals surface area contributed by atoms with Crippen molar-refractivity contribution in [3.63, 3.8) is 0 Å². The molecule has 0 saturated heterocycles. The number of hydrogen-bond donors (Lipinski definition) is 1. The second kappa shape index (κ2) is 12.1. The van der Waals surface area contributed by atoms with Gasteiger partial charge in [0.25, 0.3) is 5.91 Å². The van der Waals surface area contributed by atoms with Crippen molar-refractivity contribution in [3.8, 4) is 17.7 Å². The standard InChI is InChI=1S/C27H35FN4O3/c1-19-15-32(20(2)18-33)27(34)23-13-21(9-8-12-30(3)4)14-29-26(23)35-25(19)17-31(5)16-22-10-6-7-11-24(22)28/h6-7,10-11,13-14,19-20,25,33H,12,15-18H2,1-5H3/t19-,20-,25-/m0/s1. The van der Waals surface area contributed by atoms with Crippen LogP contribution in [0.5, 0.6) is 5.88 Å². The molecular formula is C27H35FN4O3. The average Bonchev–Trinajstić information content (AvgIpc) is 2.82. The average molecular weight is 483 g/mol. The van der Waals surface area contributed by atoms with Gasteiger partial charge in [-0.3, -0.25) is 14.6 Å². The van der Waals surface area contributed by atoms with Gasteiger partial charge in [0.15, 0.2) is 0 Å². The molecule has 0 aliphatic carbocycles. The number of aliphatic hydroxyl groups excluding tert-OH is 1. The number of halogens is 1. The van der Waals surface area contributed by atoms with Crippen LogP contribution in [0.1, 0.15) is 35.3 Å². The summed E-state index contributed by atoms with van der Waals surface area (Å²) in [7, 11) is 5.78. The molecule has 3 atom stereocenters. The third-order valence-corrected chi connectivity index (χ3v) is 6.04. The van der Waals surface area contributed by atoms with Gasteiger partial charge in [0.1, 0.15) is 17.5 Å². The molecule has 1 aliphatic rings. The highest BCUT2D eigenvalue weighted by Crippen LogP contribution is 2.27. The predicted octanol–water partition coefficient (Wildman–Crippen LogP) is 2.49. The summed E-state index contributed by atoms with van der Waals surface area (Å²) in [5.74, 6) is 5.83. The van der Waals surface area contributed by atoms with E-state index in [0.29, 0.717) is 42.9 Å². The highest BCUT2D eigenvalue weighted by molar-refractivity contribution is 5.97. The van der Waals surface area contributed by atoms with Gasteiger partial charge in [0, 0.05) is 42.9 Å². The molecule has 1 aromatic heterocycles. The molecule has 35 heavy (non-hydrogen) atoms. The molecule has 0 radical (unpaired) electrons. The molecule has 1 aromatic carbocycles. The van der Waals surface area contributed by atoms with E-state index in [2.05, 4.69) is 16.8 Å². The monoisotopic (exact) mass is 482 g/mol. The zero-order valence-corrected chi connectivity index (χ0v) is 21.2. The van der Waals surface area contributed by atoms with Gasteiger partial charge in [-0.2, -0.15) is 0 Å². The van der Waals surface area contributed by atoms with E-state index in [0.717, 1.165) is 0 Å². The van der Waals surface area contributed by atoms with Gasteiger partial charge in [-0.05, 0) is 40.2 Å². The van der Waals surface area contributed by atoms with E-state index in [1.54, 1.807) is 29.3 Å². The number of rotatable bonds is 7. The minimum Gasteiger partial charge on any atom is -0.472 e. The van der Waals surface area contributed by atoms with Gasteiger partial charge >= 0.3 is 0 Å². The van der Waals surface area contributed by atoms with Gasteiger partial charge in [-0.25, -0.2) is 9.37 Å². The highest BCUT2D eigenvalue weighted by atomic mass is 19.1. The number of fused-ring (bicyclic) bond motifs is 1. The maximum atomic E-state index is 14.2. The summed E-state index contributed by atoms with van der Waals surface area (Å²) in [5.41, 5.74) is 1.57. The van der Waals surface area contributed by atoms with Crippen molar-refractivity contribution in [2.45, 2.75) is 32.5 Å². The van der Waals surface area contributed by atoms with Crippen LogP contribution in [-0.2, 0) is 6.54 Å². The zero-order chi connectivity index (χ0) is 25.5. The number of ether oxygens (including phenoxy) is 1. The van der Waals surface area contributed by atoms with E-state index in [9.17, 15) is 14.3 Å². The number of aliphatic hydroxyl groups is 1. The molecule has 0 bridgehead atoms. The Morgan fingerprint density at radius 2 is 2.06 bits per heavy atom. The lowest BCUT2D eigenvalue weighted by Gasteiger charge is -2.37. The summed E-state index contributed by atoms with van der Waals surface area (Å²) in [6.45, 7) is 5.62. The van der Waals surface area contributed by atoms with Gasteiger partial charge in [0.05, 0.1) is 19.2 Å². The summed E-state index contributed by atoms with van der Waals surface area (Å²) in [6, 6.07) is 8.07. The lowest BCUT2D eigenvalue weighted by Crippen LogP contribution is -2.49. The van der Waals surface area contributed by atoms with Crippen LogP contribution in [0.15, 0.2) is 36.5 Å². The molecule has 1 N–H and O–H groups in total. The van der Waals surface area contributed by atoms with E-state index in [-0.39, 0.29) is 42.3 Å². The molecule has 1 aliphatic heterocycles. The second-order valence-electron chi connectivity index (χ2n) is 9.53. The Hall–Kier alpha value is -2.99. The normalized spacial score (nSPS) is 18.9. The van der Waals surface area contributed by atoms with E-state index < -0.39 is 0 Å². The van der Waals surface area contributed by atoms with E-state index in [4.69, 9.17) is 4.74 Å². The molecule has 2 heterocycles. The fourth-order valence-corrected chi connectivity index (χ4v) is 3.98. The molecular weight excluding hydrogens is 447 g/mol. The van der Waals surface area contributed by atoms with Gasteiger partial charge in [-0.1, -0.05) is 37.0 Å². The van der Waals surface area contributed by atoms with Gasteiger partial charge in [0.2, 0.25) is 5.88 Å². The number of likely N-dealkylation sites (N-methyl/N-ethyl adjacent to an activating group) is 1. The molecule has 1 amide bonds. The van der Waals surface area contributed by atoms with Crippen LogP contribution in [0, 0.1) is 23.6 Å². The smallest absolute Gasteiger partial charge is 0.259 e. The maximum absolute atomic E-state index is 14.2. The van der Waals surface area contributed by atoms with Crippen LogP contribution >= 0.6 is 0 Å². The Morgan fingerprint density at radius 1 is 1.31 bits per heavy atom. The highest BCUT2D eigenvalue weighted by Gasteiger charge is 2.34. The molecule has 0 saturated carbocycles. The van der Waals surface area contributed by atoms with Crippen molar-refractivity contribution in [1.29, 1.82) is 0 Å². The number of nitrogens with zero attached hydrogens (tertiary/aromatic N) is 4. The van der Waals surface area contributed by atoms with Gasteiger partial charge < -0.3 is 14.7 Å². The summed E-state index contributed by atoms with van der Waals surface area (Å²) in [5, 5.41) is 9.81. The predicted molar refractivity (Wildman–Crippen MR) is 134 cm³/mol.